The lowest BCUT2D eigenvalue weighted by Gasteiger charge is -2.14. The summed E-state index contributed by atoms with van der Waals surface area (Å²) in [6.45, 7) is 9.72. The fourth-order valence-electron chi connectivity index (χ4n) is 4.49. The highest BCUT2D eigenvalue weighted by atomic mass is 16.2. The minimum atomic E-state index is -0.0647. The van der Waals surface area contributed by atoms with E-state index in [4.69, 9.17) is 0 Å². The average molecular weight is 528 g/mol. The highest BCUT2D eigenvalue weighted by molar-refractivity contribution is 6.00. The molecule has 0 saturated heterocycles. The molecule has 5 nitrogen and oxygen atoms in total. The molecule has 1 atom stereocenters. The number of hydrogen-bond acceptors (Lipinski definition) is 3. The summed E-state index contributed by atoms with van der Waals surface area (Å²) in [5, 5.41) is 9.53. The van der Waals surface area contributed by atoms with E-state index < -0.39 is 0 Å². The van der Waals surface area contributed by atoms with Gasteiger partial charge in [-0.25, -0.2) is 0 Å². The number of para-hydroxylation sites is 1. The Bertz CT molecular complexity index is 1190. The van der Waals surface area contributed by atoms with Gasteiger partial charge in [-0.1, -0.05) is 95.8 Å². The van der Waals surface area contributed by atoms with Crippen LogP contribution in [0.15, 0.2) is 72.8 Å². The summed E-state index contributed by atoms with van der Waals surface area (Å²) in [5.41, 5.74) is 5.61. The Labute approximate surface area is 234 Å². The van der Waals surface area contributed by atoms with Gasteiger partial charge in [-0.05, 0) is 65.8 Å². The first-order valence-electron chi connectivity index (χ1n) is 14.5. The van der Waals surface area contributed by atoms with Gasteiger partial charge in [0.25, 0.3) is 5.91 Å². The Balaban J connectivity index is 1.58. The zero-order valence-electron chi connectivity index (χ0n) is 24.1. The first kappa shape index (κ1) is 29.9. The summed E-state index contributed by atoms with van der Waals surface area (Å²) in [7, 11) is 0. The Morgan fingerprint density at radius 2 is 1.54 bits per heavy atom. The van der Waals surface area contributed by atoms with Gasteiger partial charge in [-0.15, -0.1) is 0 Å². The van der Waals surface area contributed by atoms with Gasteiger partial charge in [-0.2, -0.15) is 0 Å². The number of hydrogen-bond donors (Lipinski definition) is 3. The minimum absolute atomic E-state index is 0.0429. The van der Waals surface area contributed by atoms with E-state index in [0.717, 1.165) is 47.3 Å². The van der Waals surface area contributed by atoms with Crippen molar-refractivity contribution in [2.45, 2.75) is 72.8 Å². The molecule has 0 radical (unpaired) electrons. The molecule has 0 aliphatic carbocycles. The van der Waals surface area contributed by atoms with Gasteiger partial charge in [0.05, 0.1) is 11.3 Å². The third-order valence-corrected chi connectivity index (χ3v) is 7.01. The quantitative estimate of drug-likeness (QED) is 0.175. The lowest BCUT2D eigenvalue weighted by atomic mass is 10.0. The van der Waals surface area contributed by atoms with E-state index in [2.05, 4.69) is 67.1 Å². The molecular formula is C34H45N3O2. The number of benzene rings is 3. The van der Waals surface area contributed by atoms with Crippen LogP contribution in [0.25, 0.3) is 11.1 Å². The average Bonchev–Trinajstić information content (AvgIpc) is 2.94. The third kappa shape index (κ3) is 9.90. The molecule has 1 unspecified atom stereocenters. The summed E-state index contributed by atoms with van der Waals surface area (Å²) >= 11 is 0. The largest absolute Gasteiger partial charge is 0.355 e. The monoisotopic (exact) mass is 527 g/mol. The van der Waals surface area contributed by atoms with E-state index in [0.29, 0.717) is 24.6 Å². The highest BCUT2D eigenvalue weighted by Crippen LogP contribution is 2.26. The van der Waals surface area contributed by atoms with Crippen molar-refractivity contribution in [2.24, 2.45) is 11.8 Å². The minimum Gasteiger partial charge on any atom is -0.355 e. The molecule has 2 amide bonds. The van der Waals surface area contributed by atoms with Crippen molar-refractivity contribution in [3.63, 3.8) is 0 Å². The predicted molar refractivity (Wildman–Crippen MR) is 163 cm³/mol. The first-order valence-corrected chi connectivity index (χ1v) is 14.5. The molecule has 3 rings (SSSR count). The maximum Gasteiger partial charge on any atom is 0.253 e. The Morgan fingerprint density at radius 1 is 0.769 bits per heavy atom. The maximum absolute atomic E-state index is 12.7. The van der Waals surface area contributed by atoms with Gasteiger partial charge < -0.3 is 16.0 Å². The van der Waals surface area contributed by atoms with Crippen molar-refractivity contribution in [3.05, 3.63) is 83.9 Å². The topological polar surface area (TPSA) is 70.2 Å². The zero-order valence-corrected chi connectivity index (χ0v) is 24.1. The van der Waals surface area contributed by atoms with Crippen LogP contribution < -0.4 is 16.0 Å². The van der Waals surface area contributed by atoms with E-state index >= 15 is 0 Å². The smallest absolute Gasteiger partial charge is 0.253 e. The number of carbonyl (C=O) groups is 2. The normalized spacial score (nSPS) is 11.7. The molecule has 39 heavy (non-hydrogen) atoms. The SMILES string of the molecule is CCCCCCC(C)C(=O)NCc1cccc(-c2ccc(Nc3ccccc3C(=O)NCCC(C)C)cc2)c1. The maximum atomic E-state index is 12.7. The Morgan fingerprint density at radius 3 is 2.28 bits per heavy atom. The molecule has 0 aliphatic rings. The van der Waals surface area contributed by atoms with Crippen LogP contribution in [0, 0.1) is 11.8 Å². The number of amides is 2. The molecule has 0 aliphatic heterocycles. The number of rotatable bonds is 15. The van der Waals surface area contributed by atoms with Gasteiger partial charge in [0, 0.05) is 24.7 Å². The summed E-state index contributed by atoms with van der Waals surface area (Å²) in [6, 6.07) is 24.1. The van der Waals surface area contributed by atoms with Gasteiger partial charge in [-0.3, -0.25) is 9.59 Å². The second-order valence-electron chi connectivity index (χ2n) is 10.9. The molecule has 0 heterocycles. The van der Waals surface area contributed by atoms with Crippen molar-refractivity contribution < 1.29 is 9.59 Å². The molecule has 0 fully saturated rings. The van der Waals surface area contributed by atoms with E-state index in [1.54, 1.807) is 0 Å². The molecule has 0 aromatic heterocycles. The molecule has 0 bridgehead atoms. The number of nitrogens with one attached hydrogen (secondary N) is 3. The summed E-state index contributed by atoms with van der Waals surface area (Å²) in [6.07, 6.45) is 6.65. The highest BCUT2D eigenvalue weighted by Gasteiger charge is 2.13. The van der Waals surface area contributed by atoms with Crippen LogP contribution in [0.1, 0.15) is 82.1 Å². The molecule has 208 valence electrons. The van der Waals surface area contributed by atoms with Crippen molar-refractivity contribution in [1.82, 2.24) is 10.6 Å². The van der Waals surface area contributed by atoms with E-state index in [1.807, 2.05) is 49.4 Å². The lowest BCUT2D eigenvalue weighted by Crippen LogP contribution is -2.28. The molecule has 3 aromatic rings. The summed E-state index contributed by atoms with van der Waals surface area (Å²) < 4.78 is 0. The number of unbranched alkanes of at least 4 members (excludes halogenated alkanes) is 3. The number of carbonyl (C=O) groups excluding carboxylic acids is 2. The summed E-state index contributed by atoms with van der Waals surface area (Å²) in [5.74, 6) is 0.651. The van der Waals surface area contributed by atoms with Crippen LogP contribution in [-0.4, -0.2) is 18.4 Å². The Hall–Kier alpha value is -3.60. The second kappa shape index (κ2) is 15.7. The van der Waals surface area contributed by atoms with Crippen molar-refractivity contribution in [3.8, 4) is 11.1 Å². The molecule has 3 aromatic carbocycles. The first-order chi connectivity index (χ1) is 18.9. The van der Waals surface area contributed by atoms with Gasteiger partial charge in [0.15, 0.2) is 0 Å². The molecular weight excluding hydrogens is 482 g/mol. The van der Waals surface area contributed by atoms with Gasteiger partial charge in [0.2, 0.25) is 5.91 Å². The zero-order chi connectivity index (χ0) is 28.0. The van der Waals surface area contributed by atoms with Crippen molar-refractivity contribution in [2.75, 3.05) is 11.9 Å². The van der Waals surface area contributed by atoms with Crippen molar-refractivity contribution >= 4 is 23.2 Å². The van der Waals surface area contributed by atoms with E-state index in [9.17, 15) is 9.59 Å². The number of anilines is 2. The molecule has 0 spiro atoms. The molecule has 0 saturated carbocycles. The fraction of sp³-hybridized carbons (Fsp3) is 0.412. The van der Waals surface area contributed by atoms with Crippen LogP contribution in [-0.2, 0) is 11.3 Å². The van der Waals surface area contributed by atoms with Crippen LogP contribution >= 0.6 is 0 Å². The summed E-state index contributed by atoms with van der Waals surface area (Å²) in [4.78, 5) is 25.3. The predicted octanol–water partition coefficient (Wildman–Crippen LogP) is 8.10. The molecule has 5 heteroatoms. The standard InChI is InChI=1S/C34H45N3O2/c1-5-6-7-8-12-26(4)33(38)36-24-27-13-11-14-29(23-27)28-17-19-30(20-18-28)37-32-16-10-9-15-31(32)34(39)35-22-21-25(2)3/h9-11,13-20,23,25-26,37H,5-8,12,21-22,24H2,1-4H3,(H,35,39)(H,36,38). The Kier molecular flexibility index (Phi) is 12.1. The van der Waals surface area contributed by atoms with Crippen molar-refractivity contribution in [1.29, 1.82) is 0 Å². The van der Waals surface area contributed by atoms with Crippen LogP contribution in [0.4, 0.5) is 11.4 Å². The van der Waals surface area contributed by atoms with Crippen LogP contribution in [0.3, 0.4) is 0 Å². The third-order valence-electron chi connectivity index (χ3n) is 7.01. The van der Waals surface area contributed by atoms with Crippen LogP contribution in [0.5, 0.6) is 0 Å². The fourth-order valence-corrected chi connectivity index (χ4v) is 4.49. The van der Waals surface area contributed by atoms with E-state index in [-0.39, 0.29) is 17.7 Å². The van der Waals surface area contributed by atoms with E-state index in [1.165, 1.54) is 19.3 Å². The van der Waals surface area contributed by atoms with Crippen LogP contribution in [0.2, 0.25) is 0 Å². The molecule has 3 N–H and O–H groups in total. The second-order valence-corrected chi connectivity index (χ2v) is 10.9. The van der Waals surface area contributed by atoms with Gasteiger partial charge >= 0.3 is 0 Å². The van der Waals surface area contributed by atoms with Gasteiger partial charge in [0.1, 0.15) is 0 Å². The lowest BCUT2D eigenvalue weighted by molar-refractivity contribution is -0.124.